The molecule has 31 heavy (non-hydrogen) atoms. The largest absolute Gasteiger partial charge is 0.452 e. The van der Waals surface area contributed by atoms with Gasteiger partial charge in [0.05, 0.1) is 16.1 Å². The van der Waals surface area contributed by atoms with Gasteiger partial charge < -0.3 is 4.74 Å². The molecule has 2 aliphatic heterocycles. The molecule has 1 fully saturated rings. The Morgan fingerprint density at radius 1 is 1.13 bits per heavy atom. The number of rotatable bonds is 5. The molecule has 2 amide bonds. The zero-order valence-corrected chi connectivity index (χ0v) is 17.8. The molecule has 0 aromatic heterocycles. The predicted octanol–water partition coefficient (Wildman–Crippen LogP) is 2.13. The van der Waals surface area contributed by atoms with Crippen LogP contribution >= 0.6 is 0 Å². The van der Waals surface area contributed by atoms with Crippen LogP contribution in [0.3, 0.4) is 0 Å². The number of amides is 2. The number of para-hydroxylation sites is 1. The smallest absolute Gasteiger partial charge is 0.338 e. The molecule has 0 radical (unpaired) electrons. The Labute approximate surface area is 180 Å². The van der Waals surface area contributed by atoms with E-state index in [1.807, 2.05) is 19.1 Å². The van der Waals surface area contributed by atoms with Crippen LogP contribution in [0.25, 0.3) is 0 Å². The van der Waals surface area contributed by atoms with Crippen LogP contribution in [-0.4, -0.2) is 50.3 Å². The molecule has 0 saturated carbocycles. The number of likely N-dealkylation sites (tertiary alicyclic amines) is 1. The number of fused-ring (bicyclic) bond motifs is 1. The van der Waals surface area contributed by atoms with Gasteiger partial charge in [0, 0.05) is 19.0 Å². The molecular weight excluding hydrogens is 420 g/mol. The van der Waals surface area contributed by atoms with Crippen LogP contribution in [0, 0.1) is 0 Å². The first-order valence-electron chi connectivity index (χ1n) is 10.0. The Balaban J connectivity index is 1.52. The Morgan fingerprint density at radius 2 is 1.90 bits per heavy atom. The van der Waals surface area contributed by atoms with E-state index in [0.717, 1.165) is 10.5 Å². The number of sulfonamides is 1. The van der Waals surface area contributed by atoms with Gasteiger partial charge in [-0.25, -0.2) is 13.2 Å². The van der Waals surface area contributed by atoms with E-state index in [1.165, 1.54) is 28.6 Å². The van der Waals surface area contributed by atoms with Crippen molar-refractivity contribution in [2.24, 2.45) is 0 Å². The third kappa shape index (κ3) is 3.93. The maximum Gasteiger partial charge on any atom is 0.338 e. The van der Waals surface area contributed by atoms with Gasteiger partial charge >= 0.3 is 5.97 Å². The van der Waals surface area contributed by atoms with Gasteiger partial charge in [0.1, 0.15) is 0 Å². The fourth-order valence-electron chi connectivity index (χ4n) is 4.00. The lowest BCUT2D eigenvalue weighted by Crippen LogP contribution is -2.36. The number of carbonyl (C=O) groups excluding carboxylic acids is 3. The second-order valence-corrected chi connectivity index (χ2v) is 9.44. The number of nitrogens with zero attached hydrogens (tertiary/aromatic N) is 2. The summed E-state index contributed by atoms with van der Waals surface area (Å²) >= 11 is 0. The van der Waals surface area contributed by atoms with Crippen molar-refractivity contribution >= 4 is 33.5 Å². The van der Waals surface area contributed by atoms with E-state index in [9.17, 15) is 22.8 Å². The van der Waals surface area contributed by atoms with Crippen molar-refractivity contribution < 1.29 is 27.5 Å². The second-order valence-electron chi connectivity index (χ2n) is 7.63. The summed E-state index contributed by atoms with van der Waals surface area (Å²) in [5.41, 5.74) is 1.59. The summed E-state index contributed by atoms with van der Waals surface area (Å²) in [6.45, 7) is 1.58. The van der Waals surface area contributed by atoms with Crippen molar-refractivity contribution in [3.63, 3.8) is 0 Å². The van der Waals surface area contributed by atoms with Crippen molar-refractivity contribution in [1.82, 2.24) is 4.90 Å². The normalized spacial score (nSPS) is 18.2. The van der Waals surface area contributed by atoms with Crippen molar-refractivity contribution in [3.05, 3.63) is 59.7 Å². The Kier molecular flexibility index (Phi) is 5.53. The van der Waals surface area contributed by atoms with Crippen LogP contribution in [0.5, 0.6) is 0 Å². The minimum Gasteiger partial charge on any atom is -0.452 e. The summed E-state index contributed by atoms with van der Waals surface area (Å²) in [6.07, 6.45) is 1.50. The van der Waals surface area contributed by atoms with E-state index in [1.54, 1.807) is 12.1 Å². The number of esters is 1. The van der Waals surface area contributed by atoms with Gasteiger partial charge in [0.15, 0.2) is 6.61 Å². The van der Waals surface area contributed by atoms with Crippen LogP contribution in [0.15, 0.2) is 53.4 Å². The molecule has 1 saturated heterocycles. The summed E-state index contributed by atoms with van der Waals surface area (Å²) in [5.74, 6) is -1.69. The molecule has 8 nitrogen and oxygen atoms in total. The number of benzene rings is 2. The first kappa shape index (κ1) is 21.0. The highest BCUT2D eigenvalue weighted by molar-refractivity contribution is 7.92. The zero-order valence-electron chi connectivity index (χ0n) is 17.0. The monoisotopic (exact) mass is 442 g/mol. The van der Waals surface area contributed by atoms with Gasteiger partial charge in [-0.05, 0) is 49.6 Å². The number of carbonyl (C=O) groups is 3. The summed E-state index contributed by atoms with van der Waals surface area (Å²) in [4.78, 5) is 37.1. The van der Waals surface area contributed by atoms with E-state index in [4.69, 9.17) is 4.74 Å². The second kappa shape index (κ2) is 8.14. The molecule has 2 heterocycles. The van der Waals surface area contributed by atoms with Crippen molar-refractivity contribution in [3.8, 4) is 0 Å². The van der Waals surface area contributed by atoms with Crippen LogP contribution in [-0.2, 0) is 30.8 Å². The molecule has 4 rings (SSSR count). The minimum atomic E-state index is -3.90. The molecule has 0 bridgehead atoms. The van der Waals surface area contributed by atoms with Gasteiger partial charge in [-0.2, -0.15) is 0 Å². The standard InChI is InChI=1S/C22H22N2O6S/c1-15-12-16-6-2-3-9-19(16)24(15)31(28,29)18-8-4-7-17(13-18)22(27)30-14-21(26)23-11-5-10-20(23)25/h2-4,6-9,13,15H,5,10-12,14H2,1H3. The zero-order chi connectivity index (χ0) is 22.2. The molecule has 162 valence electrons. The van der Waals surface area contributed by atoms with E-state index >= 15 is 0 Å². The molecule has 9 heteroatoms. The third-order valence-electron chi connectivity index (χ3n) is 5.47. The first-order valence-corrected chi connectivity index (χ1v) is 11.5. The van der Waals surface area contributed by atoms with E-state index in [-0.39, 0.29) is 22.4 Å². The Morgan fingerprint density at radius 3 is 2.65 bits per heavy atom. The molecule has 0 aliphatic carbocycles. The van der Waals surface area contributed by atoms with Crippen molar-refractivity contribution in [2.45, 2.75) is 37.1 Å². The SMILES string of the molecule is CC1Cc2ccccc2N1S(=O)(=O)c1cccc(C(=O)OCC(=O)N2CCCC2=O)c1. The number of ether oxygens (including phenoxy) is 1. The van der Waals surface area contributed by atoms with Crippen LogP contribution < -0.4 is 4.31 Å². The summed E-state index contributed by atoms with van der Waals surface area (Å²) in [6, 6.07) is 12.6. The fourth-order valence-corrected chi connectivity index (χ4v) is 5.74. The molecule has 2 aromatic rings. The summed E-state index contributed by atoms with van der Waals surface area (Å²) < 4.78 is 33.1. The molecule has 2 aromatic carbocycles. The highest BCUT2D eigenvalue weighted by Gasteiger charge is 2.36. The maximum atomic E-state index is 13.3. The fraction of sp³-hybridized carbons (Fsp3) is 0.318. The number of hydrogen-bond donors (Lipinski definition) is 0. The van der Waals surface area contributed by atoms with Gasteiger partial charge in [0.2, 0.25) is 5.91 Å². The molecule has 0 N–H and O–H groups in total. The van der Waals surface area contributed by atoms with E-state index in [2.05, 4.69) is 0 Å². The highest BCUT2D eigenvalue weighted by atomic mass is 32.2. The first-order chi connectivity index (χ1) is 14.8. The van der Waals surface area contributed by atoms with Gasteiger partial charge in [0.25, 0.3) is 15.9 Å². The lowest BCUT2D eigenvalue weighted by atomic mass is 10.1. The van der Waals surface area contributed by atoms with E-state index < -0.39 is 28.5 Å². The molecule has 1 atom stereocenters. The summed E-state index contributed by atoms with van der Waals surface area (Å²) in [5, 5.41) is 0. The quantitative estimate of drug-likeness (QED) is 0.658. The minimum absolute atomic E-state index is 0.0155. The topological polar surface area (TPSA) is 101 Å². The van der Waals surface area contributed by atoms with Gasteiger partial charge in [-0.15, -0.1) is 0 Å². The third-order valence-corrected chi connectivity index (χ3v) is 7.40. The number of hydrogen-bond acceptors (Lipinski definition) is 6. The average molecular weight is 442 g/mol. The van der Waals surface area contributed by atoms with Crippen LogP contribution in [0.1, 0.15) is 35.7 Å². The van der Waals surface area contributed by atoms with Crippen molar-refractivity contribution in [2.75, 3.05) is 17.5 Å². The van der Waals surface area contributed by atoms with Crippen LogP contribution in [0.2, 0.25) is 0 Å². The number of imide groups is 1. The molecule has 1 unspecified atom stereocenters. The molecular formula is C22H22N2O6S. The van der Waals surface area contributed by atoms with Crippen molar-refractivity contribution in [1.29, 1.82) is 0 Å². The Hall–Kier alpha value is -3.20. The lowest BCUT2D eigenvalue weighted by molar-refractivity contribution is -0.143. The number of anilines is 1. The van der Waals surface area contributed by atoms with Gasteiger partial charge in [-0.1, -0.05) is 24.3 Å². The average Bonchev–Trinajstić information content (AvgIpc) is 3.34. The lowest BCUT2D eigenvalue weighted by Gasteiger charge is -2.24. The van der Waals surface area contributed by atoms with E-state index in [0.29, 0.717) is 31.5 Å². The highest BCUT2D eigenvalue weighted by Crippen LogP contribution is 2.36. The Bertz CT molecular complexity index is 1160. The van der Waals surface area contributed by atoms with Crippen LogP contribution in [0.4, 0.5) is 5.69 Å². The predicted molar refractivity (Wildman–Crippen MR) is 112 cm³/mol. The molecule has 2 aliphatic rings. The molecule has 0 spiro atoms. The summed E-state index contributed by atoms with van der Waals surface area (Å²) in [7, 11) is -3.90. The maximum absolute atomic E-state index is 13.3. The van der Waals surface area contributed by atoms with Gasteiger partial charge in [-0.3, -0.25) is 18.8 Å².